The summed E-state index contributed by atoms with van der Waals surface area (Å²) in [5, 5.41) is 0. The van der Waals surface area contributed by atoms with E-state index in [1.54, 1.807) is 12.2 Å². The molecule has 0 aliphatic carbocycles. The summed E-state index contributed by atoms with van der Waals surface area (Å²) < 4.78 is 67.6. The van der Waals surface area contributed by atoms with Crippen LogP contribution in [0.25, 0.3) is 0 Å². The standard InChI is InChI=1S/2C9H18O4S.Mg/c2*1-2-3-4-5-6-7-8-9-13-14(10,11)12;/h2*8-9H,2-7H2,1H3,(H,10,11,12);/q;;+2/p-2/b2*9-8+;. The maximum absolute atomic E-state index is 9.98. The molecule has 0 amide bonds. The second kappa shape index (κ2) is 22.4. The molecule has 0 aromatic carbocycles. The summed E-state index contributed by atoms with van der Waals surface area (Å²) in [7, 11) is -9.12. The van der Waals surface area contributed by atoms with Gasteiger partial charge in [-0.2, -0.15) is 0 Å². The fourth-order valence-electron chi connectivity index (χ4n) is 2.08. The van der Waals surface area contributed by atoms with Gasteiger partial charge in [0, 0.05) is 0 Å². The first-order valence-corrected chi connectivity index (χ1v) is 12.4. The van der Waals surface area contributed by atoms with Gasteiger partial charge in [-0.25, -0.2) is 16.8 Å². The summed E-state index contributed by atoms with van der Waals surface area (Å²) in [6.07, 6.45) is 18.0. The minimum Gasteiger partial charge on any atom is -0.716 e. The third kappa shape index (κ3) is 38.8. The molecule has 0 aromatic rings. The van der Waals surface area contributed by atoms with Crippen molar-refractivity contribution in [3.8, 4) is 0 Å². The molecule has 0 radical (unpaired) electrons. The third-order valence-electron chi connectivity index (χ3n) is 3.49. The van der Waals surface area contributed by atoms with Crippen LogP contribution in [0.1, 0.15) is 90.9 Å². The van der Waals surface area contributed by atoms with Crippen molar-refractivity contribution in [3.05, 3.63) is 24.7 Å². The van der Waals surface area contributed by atoms with Gasteiger partial charge in [0.05, 0.1) is 0 Å². The van der Waals surface area contributed by atoms with E-state index in [0.29, 0.717) is 0 Å². The van der Waals surface area contributed by atoms with Gasteiger partial charge >= 0.3 is 23.1 Å². The first-order chi connectivity index (χ1) is 13.1. The van der Waals surface area contributed by atoms with Gasteiger partial charge < -0.3 is 17.5 Å². The molecule has 0 saturated heterocycles. The van der Waals surface area contributed by atoms with Crippen molar-refractivity contribution in [1.29, 1.82) is 0 Å². The van der Waals surface area contributed by atoms with E-state index in [-0.39, 0.29) is 23.1 Å². The van der Waals surface area contributed by atoms with Crippen molar-refractivity contribution in [2.24, 2.45) is 0 Å². The van der Waals surface area contributed by atoms with Gasteiger partial charge in [-0.1, -0.05) is 65.2 Å². The summed E-state index contributed by atoms with van der Waals surface area (Å²) >= 11 is 0. The average molecular weight is 467 g/mol. The molecule has 11 heteroatoms. The molecule has 0 aliphatic rings. The van der Waals surface area contributed by atoms with Gasteiger partial charge in [0.15, 0.2) is 0 Å². The van der Waals surface area contributed by atoms with Gasteiger partial charge in [-0.05, 0) is 37.8 Å². The zero-order chi connectivity index (χ0) is 21.7. The Kier molecular flexibility index (Phi) is 25.7. The molecule has 8 nitrogen and oxygen atoms in total. The molecule has 0 aromatic heterocycles. The van der Waals surface area contributed by atoms with Crippen LogP contribution in [0.15, 0.2) is 24.7 Å². The largest absolute Gasteiger partial charge is 2.00 e. The molecule has 0 spiro atoms. The van der Waals surface area contributed by atoms with E-state index in [2.05, 4.69) is 22.2 Å². The Hall–Kier alpha value is -0.334. The summed E-state index contributed by atoms with van der Waals surface area (Å²) in [5.41, 5.74) is 0. The van der Waals surface area contributed by atoms with Crippen molar-refractivity contribution in [2.75, 3.05) is 0 Å². The van der Waals surface area contributed by atoms with E-state index in [1.807, 2.05) is 0 Å². The van der Waals surface area contributed by atoms with E-state index in [9.17, 15) is 25.9 Å². The van der Waals surface area contributed by atoms with E-state index < -0.39 is 20.8 Å². The summed E-state index contributed by atoms with van der Waals surface area (Å²) in [6, 6.07) is 0. The van der Waals surface area contributed by atoms with Crippen molar-refractivity contribution >= 4 is 43.9 Å². The molecule has 168 valence electrons. The third-order valence-corrected chi connectivity index (χ3v) is 4.18. The fourth-order valence-corrected chi connectivity index (χ4v) is 2.51. The van der Waals surface area contributed by atoms with Crippen LogP contribution in [0.3, 0.4) is 0 Å². The zero-order valence-electron chi connectivity index (χ0n) is 17.6. The Bertz CT molecular complexity index is 547. The second-order valence-corrected chi connectivity index (χ2v) is 8.18. The van der Waals surface area contributed by atoms with E-state index >= 15 is 0 Å². The van der Waals surface area contributed by atoms with Crippen molar-refractivity contribution in [3.63, 3.8) is 0 Å². The maximum atomic E-state index is 9.98. The number of unbranched alkanes of at least 4 members (excludes halogenated alkanes) is 10. The summed E-state index contributed by atoms with van der Waals surface area (Å²) in [6.45, 7) is 4.29. The molecular formula is C18H34MgO8S2. The van der Waals surface area contributed by atoms with Crippen LogP contribution >= 0.6 is 0 Å². The van der Waals surface area contributed by atoms with Crippen LogP contribution in [0.2, 0.25) is 0 Å². The number of allylic oxidation sites excluding steroid dienone is 2. The number of hydrogen-bond donors (Lipinski definition) is 0. The van der Waals surface area contributed by atoms with E-state index in [0.717, 1.165) is 51.0 Å². The minimum atomic E-state index is -4.56. The first-order valence-electron chi connectivity index (χ1n) is 9.70. The van der Waals surface area contributed by atoms with Gasteiger partial charge in [-0.15, -0.1) is 0 Å². The number of hydrogen-bond acceptors (Lipinski definition) is 8. The molecule has 0 atom stereocenters. The summed E-state index contributed by atoms with van der Waals surface area (Å²) in [5.74, 6) is 0. The van der Waals surface area contributed by atoms with Crippen molar-refractivity contribution in [1.82, 2.24) is 0 Å². The Labute approximate surface area is 193 Å². The molecule has 0 aliphatic heterocycles. The van der Waals surface area contributed by atoms with E-state index in [4.69, 9.17) is 0 Å². The quantitative estimate of drug-likeness (QED) is 0.108. The smallest absolute Gasteiger partial charge is 0.716 e. The maximum Gasteiger partial charge on any atom is 2.00 e. The average Bonchev–Trinajstić information content (AvgIpc) is 2.58. The van der Waals surface area contributed by atoms with Gasteiger partial charge in [0.25, 0.3) is 20.8 Å². The molecule has 0 unspecified atom stereocenters. The van der Waals surface area contributed by atoms with Crippen LogP contribution < -0.4 is 0 Å². The van der Waals surface area contributed by atoms with Gasteiger partial charge in [-0.3, -0.25) is 0 Å². The Balaban J connectivity index is -0.000000451. The van der Waals surface area contributed by atoms with Gasteiger partial charge in [0.2, 0.25) is 0 Å². The van der Waals surface area contributed by atoms with E-state index in [1.165, 1.54) is 38.5 Å². The van der Waals surface area contributed by atoms with Crippen LogP contribution in [0.5, 0.6) is 0 Å². The molecule has 0 fully saturated rings. The Morgan fingerprint density at radius 2 is 0.931 bits per heavy atom. The fraction of sp³-hybridized carbons (Fsp3) is 0.778. The van der Waals surface area contributed by atoms with Crippen LogP contribution in [-0.2, 0) is 29.2 Å². The van der Waals surface area contributed by atoms with Crippen LogP contribution in [0.4, 0.5) is 0 Å². The molecule has 0 saturated carbocycles. The van der Waals surface area contributed by atoms with Gasteiger partial charge in [0.1, 0.15) is 12.5 Å². The molecule has 0 heterocycles. The van der Waals surface area contributed by atoms with Crippen molar-refractivity contribution < 1.29 is 34.3 Å². The predicted molar refractivity (Wildman–Crippen MR) is 112 cm³/mol. The minimum absolute atomic E-state index is 0. The molecule has 29 heavy (non-hydrogen) atoms. The monoisotopic (exact) mass is 466 g/mol. The van der Waals surface area contributed by atoms with Crippen LogP contribution in [-0.4, -0.2) is 49.0 Å². The zero-order valence-corrected chi connectivity index (χ0v) is 20.6. The van der Waals surface area contributed by atoms with Crippen molar-refractivity contribution in [2.45, 2.75) is 90.9 Å². The molecule has 0 bridgehead atoms. The predicted octanol–water partition coefficient (Wildman–Crippen LogP) is 4.29. The SMILES string of the molecule is CCCCCCC/C=C/OS(=O)(=O)[O-].CCCCCCC/C=C/OS(=O)(=O)[O-].[Mg+2]. The first kappa shape index (κ1) is 33.3. The topological polar surface area (TPSA) is 133 Å². The number of rotatable bonds is 16. The molecule has 0 rings (SSSR count). The second-order valence-electron chi connectivity index (χ2n) is 6.16. The normalized spacial score (nSPS) is 11.7. The Morgan fingerprint density at radius 3 is 1.21 bits per heavy atom. The van der Waals surface area contributed by atoms with Crippen LogP contribution in [0, 0.1) is 0 Å². The summed E-state index contributed by atoms with van der Waals surface area (Å²) in [4.78, 5) is 0. The molecule has 0 N–H and O–H groups in total. The molecular weight excluding hydrogens is 433 g/mol. The Morgan fingerprint density at radius 1 is 0.621 bits per heavy atom.